The maximum absolute atomic E-state index is 12.6. The van der Waals surface area contributed by atoms with Crippen LogP contribution < -0.4 is 15.4 Å². The number of hydrogen-bond acceptors (Lipinski definition) is 4. The maximum atomic E-state index is 12.6. The van der Waals surface area contributed by atoms with Gasteiger partial charge in [0.15, 0.2) is 0 Å². The van der Waals surface area contributed by atoms with E-state index in [2.05, 4.69) is 15.4 Å². The molecule has 1 atom stereocenters. The normalized spacial score (nSPS) is 16.9. The molecule has 1 heterocycles. The molecule has 0 bridgehead atoms. The Hall–Kier alpha value is -1.80. The van der Waals surface area contributed by atoms with E-state index < -0.39 is 10.0 Å². The van der Waals surface area contributed by atoms with Gasteiger partial charge in [0.2, 0.25) is 0 Å². The van der Waals surface area contributed by atoms with E-state index in [0.717, 1.165) is 25.9 Å². The van der Waals surface area contributed by atoms with Crippen LogP contribution in [0.4, 0.5) is 5.69 Å². The second kappa shape index (κ2) is 9.41. The fourth-order valence-electron chi connectivity index (χ4n) is 2.81. The highest BCUT2D eigenvalue weighted by atomic mass is 35.5. The van der Waals surface area contributed by atoms with Crippen LogP contribution in [0.2, 0.25) is 5.02 Å². The topological polar surface area (TPSA) is 87.3 Å². The minimum atomic E-state index is -3.82. The first-order chi connectivity index (χ1) is 12.4. The summed E-state index contributed by atoms with van der Waals surface area (Å²) in [4.78, 5) is 12.4. The van der Waals surface area contributed by atoms with Crippen LogP contribution in [0.1, 0.15) is 23.2 Å². The summed E-state index contributed by atoms with van der Waals surface area (Å²) in [6.45, 7) is 1.68. The number of halogens is 2. The number of rotatable bonds is 5. The van der Waals surface area contributed by atoms with Crippen LogP contribution in [0.5, 0.6) is 0 Å². The Morgan fingerprint density at radius 2 is 1.93 bits per heavy atom. The van der Waals surface area contributed by atoms with Crippen LogP contribution in [0.3, 0.4) is 0 Å². The van der Waals surface area contributed by atoms with Crippen molar-refractivity contribution in [1.29, 1.82) is 0 Å². The van der Waals surface area contributed by atoms with E-state index in [1.807, 2.05) is 0 Å². The molecule has 1 aliphatic heterocycles. The molecular weight excluding hydrogens is 409 g/mol. The van der Waals surface area contributed by atoms with Crippen LogP contribution in [0.25, 0.3) is 0 Å². The first-order valence-electron chi connectivity index (χ1n) is 8.34. The monoisotopic (exact) mass is 429 g/mol. The first kappa shape index (κ1) is 21.5. The van der Waals surface area contributed by atoms with E-state index in [1.54, 1.807) is 30.3 Å². The molecule has 1 amide bonds. The average Bonchev–Trinajstić information content (AvgIpc) is 2.62. The third-order valence-electron chi connectivity index (χ3n) is 4.12. The minimum Gasteiger partial charge on any atom is -0.348 e. The third kappa shape index (κ3) is 5.84. The van der Waals surface area contributed by atoms with Crippen LogP contribution in [-0.4, -0.2) is 33.5 Å². The van der Waals surface area contributed by atoms with Gasteiger partial charge in [0.25, 0.3) is 15.9 Å². The lowest BCUT2D eigenvalue weighted by Crippen LogP contribution is -2.45. The summed E-state index contributed by atoms with van der Waals surface area (Å²) in [5, 5.41) is 6.59. The fourth-order valence-corrected chi connectivity index (χ4v) is 4.10. The van der Waals surface area contributed by atoms with Gasteiger partial charge in [0, 0.05) is 23.2 Å². The number of amides is 1. The number of carbonyl (C=O) groups is 1. The molecule has 3 N–H and O–H groups in total. The molecule has 9 heteroatoms. The number of anilines is 1. The Balaban J connectivity index is 0.00000261. The Bertz CT molecular complexity index is 900. The van der Waals surface area contributed by atoms with Gasteiger partial charge in [-0.2, -0.15) is 0 Å². The van der Waals surface area contributed by atoms with Crippen molar-refractivity contribution in [2.24, 2.45) is 0 Å². The summed E-state index contributed by atoms with van der Waals surface area (Å²) in [5.41, 5.74) is 0.671. The molecule has 146 valence electrons. The van der Waals surface area contributed by atoms with Crippen molar-refractivity contribution < 1.29 is 13.2 Å². The van der Waals surface area contributed by atoms with Crippen molar-refractivity contribution in [1.82, 2.24) is 10.6 Å². The van der Waals surface area contributed by atoms with Crippen molar-refractivity contribution in [2.45, 2.75) is 23.8 Å². The second-order valence-corrected chi connectivity index (χ2v) is 8.28. The SMILES string of the molecule is Cl.O=C(N[C@H]1CCCNC1)c1cccc(S(=O)(=O)Nc2cccc(Cl)c2)c1. The zero-order valence-corrected chi connectivity index (χ0v) is 16.8. The van der Waals surface area contributed by atoms with Gasteiger partial charge in [-0.25, -0.2) is 8.42 Å². The summed E-state index contributed by atoms with van der Waals surface area (Å²) in [6, 6.07) is 12.5. The summed E-state index contributed by atoms with van der Waals surface area (Å²) < 4.78 is 27.6. The molecule has 2 aromatic rings. The molecule has 0 radical (unpaired) electrons. The van der Waals surface area contributed by atoms with E-state index in [1.165, 1.54) is 18.2 Å². The molecule has 1 saturated heterocycles. The molecule has 0 aromatic heterocycles. The zero-order valence-electron chi connectivity index (χ0n) is 14.4. The number of piperidine rings is 1. The molecule has 6 nitrogen and oxygen atoms in total. The van der Waals surface area contributed by atoms with Crippen molar-refractivity contribution in [3.63, 3.8) is 0 Å². The number of nitrogens with one attached hydrogen (secondary N) is 3. The van der Waals surface area contributed by atoms with Gasteiger partial charge in [-0.1, -0.05) is 23.7 Å². The van der Waals surface area contributed by atoms with Gasteiger partial charge in [0.1, 0.15) is 0 Å². The highest BCUT2D eigenvalue weighted by molar-refractivity contribution is 7.92. The predicted molar refractivity (Wildman–Crippen MR) is 109 cm³/mol. The Labute approximate surface area is 170 Å². The van der Waals surface area contributed by atoms with Gasteiger partial charge in [-0.15, -0.1) is 12.4 Å². The lowest BCUT2D eigenvalue weighted by molar-refractivity contribution is 0.0930. The van der Waals surface area contributed by atoms with E-state index in [-0.39, 0.29) is 29.3 Å². The molecule has 0 unspecified atom stereocenters. The standard InChI is InChI=1S/C18H20ClN3O3S.ClH/c19-14-5-2-6-15(11-14)22-26(24,25)17-8-1-4-13(10-17)18(23)21-16-7-3-9-20-12-16;/h1-2,4-6,8,10-11,16,20,22H,3,7,9,12H2,(H,21,23);1H/t16-;/m0./s1. The Kier molecular flexibility index (Phi) is 7.49. The molecule has 0 spiro atoms. The Morgan fingerprint density at radius 3 is 2.63 bits per heavy atom. The zero-order chi connectivity index (χ0) is 18.6. The van der Waals surface area contributed by atoms with Crippen molar-refractivity contribution in [3.8, 4) is 0 Å². The third-order valence-corrected chi connectivity index (χ3v) is 5.73. The van der Waals surface area contributed by atoms with Crippen molar-refractivity contribution in [2.75, 3.05) is 17.8 Å². The number of hydrogen-bond donors (Lipinski definition) is 3. The molecule has 1 fully saturated rings. The van der Waals surface area contributed by atoms with Crippen LogP contribution in [0, 0.1) is 0 Å². The van der Waals surface area contributed by atoms with Gasteiger partial charge in [0.05, 0.1) is 10.6 Å². The number of sulfonamides is 1. The first-order valence-corrected chi connectivity index (χ1v) is 10.2. The van der Waals surface area contributed by atoms with Gasteiger partial charge in [-0.3, -0.25) is 9.52 Å². The summed E-state index contributed by atoms with van der Waals surface area (Å²) in [6.07, 6.45) is 1.91. The largest absolute Gasteiger partial charge is 0.348 e. The van der Waals surface area contributed by atoms with Gasteiger partial charge in [-0.05, 0) is 55.8 Å². The van der Waals surface area contributed by atoms with Crippen LogP contribution >= 0.6 is 24.0 Å². The smallest absolute Gasteiger partial charge is 0.261 e. The Morgan fingerprint density at radius 1 is 1.15 bits per heavy atom. The van der Waals surface area contributed by atoms with E-state index in [4.69, 9.17) is 11.6 Å². The molecule has 0 saturated carbocycles. The van der Waals surface area contributed by atoms with Crippen molar-refractivity contribution >= 4 is 45.6 Å². The lowest BCUT2D eigenvalue weighted by atomic mass is 10.1. The lowest BCUT2D eigenvalue weighted by Gasteiger charge is -2.23. The molecule has 27 heavy (non-hydrogen) atoms. The van der Waals surface area contributed by atoms with Crippen LogP contribution in [-0.2, 0) is 10.0 Å². The van der Waals surface area contributed by atoms with Crippen LogP contribution in [0.15, 0.2) is 53.4 Å². The minimum absolute atomic E-state index is 0. The number of benzene rings is 2. The summed E-state index contributed by atoms with van der Waals surface area (Å²) >= 11 is 5.89. The molecule has 0 aliphatic carbocycles. The quantitative estimate of drug-likeness (QED) is 0.681. The highest BCUT2D eigenvalue weighted by Gasteiger charge is 2.19. The molecule has 1 aliphatic rings. The second-order valence-electron chi connectivity index (χ2n) is 6.16. The average molecular weight is 430 g/mol. The van der Waals surface area contributed by atoms with Crippen molar-refractivity contribution in [3.05, 3.63) is 59.1 Å². The summed E-state index contributed by atoms with van der Waals surface area (Å²) in [5.74, 6) is -0.279. The fraction of sp³-hybridized carbons (Fsp3) is 0.278. The van der Waals surface area contributed by atoms with E-state index in [0.29, 0.717) is 16.3 Å². The maximum Gasteiger partial charge on any atom is 0.261 e. The van der Waals surface area contributed by atoms with E-state index in [9.17, 15) is 13.2 Å². The highest BCUT2D eigenvalue weighted by Crippen LogP contribution is 2.20. The molecule has 3 rings (SSSR count). The van der Waals surface area contributed by atoms with E-state index >= 15 is 0 Å². The summed E-state index contributed by atoms with van der Waals surface area (Å²) in [7, 11) is -3.82. The number of carbonyl (C=O) groups excluding carboxylic acids is 1. The molecule has 2 aromatic carbocycles. The predicted octanol–water partition coefficient (Wildman–Crippen LogP) is 3.04. The molecular formula is C18H21Cl2N3O3S. The van der Waals surface area contributed by atoms with Gasteiger partial charge >= 0.3 is 0 Å². The van der Waals surface area contributed by atoms with Gasteiger partial charge < -0.3 is 10.6 Å².